The van der Waals surface area contributed by atoms with Gasteiger partial charge in [0.1, 0.15) is 0 Å². The second kappa shape index (κ2) is 4.43. The number of nitrogens with two attached hydrogens (primary N) is 2. The van der Waals surface area contributed by atoms with E-state index in [1.54, 1.807) is 0 Å². The van der Waals surface area contributed by atoms with Gasteiger partial charge < -0.3 is 11.5 Å². The lowest BCUT2D eigenvalue weighted by atomic mass is 9.84. The van der Waals surface area contributed by atoms with Gasteiger partial charge in [0, 0.05) is 11.4 Å². The summed E-state index contributed by atoms with van der Waals surface area (Å²) >= 11 is 13.1. The van der Waals surface area contributed by atoms with Gasteiger partial charge in [-0.3, -0.25) is 0 Å². The lowest BCUT2D eigenvalue weighted by Crippen LogP contribution is -2.33. The van der Waals surface area contributed by atoms with Crippen molar-refractivity contribution < 1.29 is 0 Å². The van der Waals surface area contributed by atoms with Crippen molar-refractivity contribution in [2.75, 3.05) is 0 Å². The zero-order chi connectivity index (χ0) is 12.5. The van der Waals surface area contributed by atoms with Crippen molar-refractivity contribution in [1.29, 1.82) is 0 Å². The molecule has 2 nitrogen and oxygen atoms in total. The Labute approximate surface area is 112 Å². The topological polar surface area (TPSA) is 52.0 Å². The van der Waals surface area contributed by atoms with Crippen molar-refractivity contribution in [1.82, 2.24) is 0 Å². The standard InChI is InChI=1S/C13H16Cl2N2/c14-12(5-1-10(16)2-6-12)9-13(15)7-3-11(17)4-8-13/h1-5,7H,6,8-9,16-17H2. The van der Waals surface area contributed by atoms with Crippen LogP contribution in [0.1, 0.15) is 19.3 Å². The number of halogens is 2. The Balaban J connectivity index is 2.07. The van der Waals surface area contributed by atoms with E-state index in [2.05, 4.69) is 0 Å². The molecule has 0 aromatic heterocycles. The molecule has 0 saturated carbocycles. The molecule has 0 aromatic rings. The van der Waals surface area contributed by atoms with E-state index < -0.39 is 9.75 Å². The molecule has 0 spiro atoms. The molecular weight excluding hydrogens is 255 g/mol. The van der Waals surface area contributed by atoms with Crippen molar-refractivity contribution in [2.45, 2.75) is 29.0 Å². The smallest absolute Gasteiger partial charge is 0.0684 e. The predicted octanol–water partition coefficient (Wildman–Crippen LogP) is 2.94. The molecule has 0 saturated heterocycles. The van der Waals surface area contributed by atoms with Crippen LogP contribution in [0.15, 0.2) is 47.9 Å². The summed E-state index contributed by atoms with van der Waals surface area (Å²) in [6, 6.07) is 0. The largest absolute Gasteiger partial charge is 0.399 e. The average Bonchev–Trinajstić information content (AvgIpc) is 2.28. The van der Waals surface area contributed by atoms with E-state index in [1.807, 2.05) is 36.5 Å². The van der Waals surface area contributed by atoms with Crippen molar-refractivity contribution in [2.24, 2.45) is 11.5 Å². The van der Waals surface area contributed by atoms with Crippen LogP contribution in [0.5, 0.6) is 0 Å². The fraction of sp³-hybridized carbons (Fsp3) is 0.385. The van der Waals surface area contributed by atoms with Gasteiger partial charge >= 0.3 is 0 Å². The molecular formula is C13H16Cl2N2. The second-order valence-corrected chi connectivity index (χ2v) is 6.23. The summed E-state index contributed by atoms with van der Waals surface area (Å²) in [6.07, 6.45) is 13.5. The molecule has 0 fully saturated rings. The van der Waals surface area contributed by atoms with E-state index in [9.17, 15) is 0 Å². The van der Waals surface area contributed by atoms with Crippen LogP contribution in [0.25, 0.3) is 0 Å². The van der Waals surface area contributed by atoms with E-state index in [-0.39, 0.29) is 0 Å². The Bertz CT molecular complexity index is 397. The zero-order valence-corrected chi connectivity index (χ0v) is 11.0. The summed E-state index contributed by atoms with van der Waals surface area (Å²) < 4.78 is 0. The molecule has 2 atom stereocenters. The van der Waals surface area contributed by atoms with Crippen LogP contribution < -0.4 is 11.5 Å². The summed E-state index contributed by atoms with van der Waals surface area (Å²) in [5.41, 5.74) is 12.9. The number of rotatable bonds is 2. The second-order valence-electron chi connectivity index (χ2n) is 4.73. The molecule has 17 heavy (non-hydrogen) atoms. The maximum absolute atomic E-state index is 6.54. The van der Waals surface area contributed by atoms with Crippen LogP contribution in [0.4, 0.5) is 0 Å². The quantitative estimate of drug-likeness (QED) is 0.759. The Morgan fingerprint density at radius 1 is 0.941 bits per heavy atom. The predicted molar refractivity (Wildman–Crippen MR) is 73.8 cm³/mol. The van der Waals surface area contributed by atoms with E-state index >= 15 is 0 Å². The minimum Gasteiger partial charge on any atom is -0.399 e. The number of alkyl halides is 2. The summed E-state index contributed by atoms with van der Waals surface area (Å²) in [7, 11) is 0. The summed E-state index contributed by atoms with van der Waals surface area (Å²) in [6.45, 7) is 0. The highest BCUT2D eigenvalue weighted by Crippen LogP contribution is 2.41. The lowest BCUT2D eigenvalue weighted by molar-refractivity contribution is 0.534. The molecule has 2 aliphatic rings. The molecule has 0 amide bonds. The van der Waals surface area contributed by atoms with E-state index in [0.29, 0.717) is 19.3 Å². The molecule has 0 aromatic carbocycles. The lowest BCUT2D eigenvalue weighted by Gasteiger charge is -2.34. The Morgan fingerprint density at radius 3 is 1.65 bits per heavy atom. The fourth-order valence-electron chi connectivity index (χ4n) is 2.09. The zero-order valence-electron chi connectivity index (χ0n) is 9.50. The maximum atomic E-state index is 6.54. The van der Waals surface area contributed by atoms with E-state index in [1.165, 1.54) is 0 Å². The Kier molecular flexibility index (Phi) is 3.28. The summed E-state index contributed by atoms with van der Waals surface area (Å²) in [5, 5.41) is 0. The summed E-state index contributed by atoms with van der Waals surface area (Å²) in [4.78, 5) is -0.899. The Morgan fingerprint density at radius 2 is 1.35 bits per heavy atom. The van der Waals surface area contributed by atoms with Crippen molar-refractivity contribution >= 4 is 23.2 Å². The van der Waals surface area contributed by atoms with Gasteiger partial charge in [-0.05, 0) is 31.4 Å². The first-order valence-corrected chi connectivity index (χ1v) is 6.34. The number of hydrogen-bond acceptors (Lipinski definition) is 2. The minimum absolute atomic E-state index is 0.450. The van der Waals surface area contributed by atoms with Gasteiger partial charge in [0.2, 0.25) is 0 Å². The highest BCUT2D eigenvalue weighted by molar-refractivity contribution is 6.29. The van der Waals surface area contributed by atoms with Gasteiger partial charge in [0.05, 0.1) is 9.75 Å². The highest BCUT2D eigenvalue weighted by atomic mass is 35.5. The summed E-state index contributed by atoms with van der Waals surface area (Å²) in [5.74, 6) is 0. The SMILES string of the molecule is NC1=CCC(Cl)(CC2(Cl)C=CC(N)=CC2)C=C1. The van der Waals surface area contributed by atoms with Crippen LogP contribution in [-0.2, 0) is 0 Å². The fourth-order valence-corrected chi connectivity index (χ4v) is 2.91. The molecule has 92 valence electrons. The van der Waals surface area contributed by atoms with E-state index in [0.717, 1.165) is 11.4 Å². The first-order valence-electron chi connectivity index (χ1n) is 5.58. The molecule has 0 heterocycles. The van der Waals surface area contributed by atoms with Gasteiger partial charge in [-0.15, -0.1) is 23.2 Å². The van der Waals surface area contributed by atoms with Crippen molar-refractivity contribution in [3.8, 4) is 0 Å². The van der Waals surface area contributed by atoms with Crippen LogP contribution >= 0.6 is 23.2 Å². The monoisotopic (exact) mass is 270 g/mol. The number of allylic oxidation sites excluding steroid dienone is 6. The van der Waals surface area contributed by atoms with Gasteiger partial charge in [0.25, 0.3) is 0 Å². The first-order chi connectivity index (χ1) is 7.91. The molecule has 2 aliphatic carbocycles. The van der Waals surface area contributed by atoms with Gasteiger partial charge in [-0.2, -0.15) is 0 Å². The number of hydrogen-bond donors (Lipinski definition) is 2. The molecule has 2 unspecified atom stereocenters. The van der Waals surface area contributed by atoms with Gasteiger partial charge in [-0.25, -0.2) is 0 Å². The van der Waals surface area contributed by atoms with Gasteiger partial charge in [-0.1, -0.05) is 24.3 Å². The Hall–Kier alpha value is -0.860. The third-order valence-electron chi connectivity index (χ3n) is 3.09. The average molecular weight is 271 g/mol. The highest BCUT2D eigenvalue weighted by Gasteiger charge is 2.36. The third kappa shape index (κ3) is 3.08. The van der Waals surface area contributed by atoms with Crippen molar-refractivity contribution in [3.63, 3.8) is 0 Å². The van der Waals surface area contributed by atoms with Crippen LogP contribution in [0.3, 0.4) is 0 Å². The third-order valence-corrected chi connectivity index (χ3v) is 3.92. The molecule has 4 heteroatoms. The van der Waals surface area contributed by atoms with Crippen molar-refractivity contribution in [3.05, 3.63) is 47.9 Å². The van der Waals surface area contributed by atoms with Crippen LogP contribution in [0, 0.1) is 0 Å². The van der Waals surface area contributed by atoms with E-state index in [4.69, 9.17) is 34.7 Å². The van der Waals surface area contributed by atoms with Crippen LogP contribution in [-0.4, -0.2) is 9.75 Å². The maximum Gasteiger partial charge on any atom is 0.0684 e. The molecule has 4 N–H and O–H groups in total. The molecule has 0 radical (unpaired) electrons. The minimum atomic E-state index is -0.450. The molecule has 2 rings (SSSR count). The van der Waals surface area contributed by atoms with Gasteiger partial charge in [0.15, 0.2) is 0 Å². The molecule has 0 aliphatic heterocycles. The van der Waals surface area contributed by atoms with Crippen LogP contribution in [0.2, 0.25) is 0 Å². The normalized spacial score (nSPS) is 36.6. The molecule has 0 bridgehead atoms. The first kappa shape index (κ1) is 12.6.